The molecule has 0 radical (unpaired) electrons. The molecule has 4 heteroatoms. The lowest BCUT2D eigenvalue weighted by atomic mass is 9.97. The first kappa shape index (κ1) is 13.8. The quantitative estimate of drug-likeness (QED) is 0.860. The predicted octanol–water partition coefficient (Wildman–Crippen LogP) is 1.91. The van der Waals surface area contributed by atoms with E-state index in [1.807, 2.05) is 12.1 Å². The average Bonchev–Trinajstić information content (AvgIpc) is 2.68. The van der Waals surface area contributed by atoms with Crippen molar-refractivity contribution >= 4 is 12.4 Å². The van der Waals surface area contributed by atoms with E-state index in [1.165, 1.54) is 18.4 Å². The maximum atomic E-state index is 10.3. The van der Waals surface area contributed by atoms with Crippen LogP contribution in [-0.2, 0) is 6.54 Å². The minimum atomic E-state index is -0.388. The fourth-order valence-electron chi connectivity index (χ4n) is 2.99. The van der Waals surface area contributed by atoms with Gasteiger partial charge < -0.3 is 10.4 Å². The molecule has 1 fully saturated rings. The van der Waals surface area contributed by atoms with Gasteiger partial charge in [-0.15, -0.1) is 12.4 Å². The van der Waals surface area contributed by atoms with Crippen LogP contribution in [0.15, 0.2) is 24.3 Å². The van der Waals surface area contributed by atoms with E-state index in [0.717, 1.165) is 37.7 Å². The number of rotatable bonds is 2. The van der Waals surface area contributed by atoms with Crippen LogP contribution in [0.4, 0.5) is 0 Å². The zero-order valence-corrected chi connectivity index (χ0v) is 11.3. The van der Waals surface area contributed by atoms with E-state index in [1.54, 1.807) is 0 Å². The van der Waals surface area contributed by atoms with Crippen LogP contribution in [0, 0.1) is 5.92 Å². The minimum absolute atomic E-state index is 0. The summed E-state index contributed by atoms with van der Waals surface area (Å²) in [6, 6.07) is 8.24. The van der Waals surface area contributed by atoms with Crippen LogP contribution in [0.25, 0.3) is 0 Å². The third-order valence-electron chi connectivity index (χ3n) is 4.00. The number of aliphatic hydroxyl groups excluding tert-OH is 1. The molecule has 0 spiro atoms. The number of hydrogen-bond donors (Lipinski definition) is 2. The SMILES string of the molecule is Cl.OC1c2ccccc2CN1CC1CCNCC1. The molecule has 1 unspecified atom stereocenters. The molecule has 0 amide bonds. The summed E-state index contributed by atoms with van der Waals surface area (Å²) < 4.78 is 0. The molecule has 0 aromatic heterocycles. The number of nitrogens with zero attached hydrogens (tertiary/aromatic N) is 1. The summed E-state index contributed by atoms with van der Waals surface area (Å²) in [5, 5.41) is 13.7. The van der Waals surface area contributed by atoms with Crippen LogP contribution in [0.5, 0.6) is 0 Å². The van der Waals surface area contributed by atoms with Crippen LogP contribution in [0.2, 0.25) is 0 Å². The van der Waals surface area contributed by atoms with Crippen molar-refractivity contribution in [3.05, 3.63) is 35.4 Å². The average molecular weight is 269 g/mol. The second kappa shape index (κ2) is 6.02. The van der Waals surface area contributed by atoms with Gasteiger partial charge in [0.05, 0.1) is 0 Å². The van der Waals surface area contributed by atoms with Gasteiger partial charge in [0.15, 0.2) is 0 Å². The third-order valence-corrected chi connectivity index (χ3v) is 4.00. The van der Waals surface area contributed by atoms with E-state index >= 15 is 0 Å². The minimum Gasteiger partial charge on any atom is -0.374 e. The number of benzene rings is 1. The Morgan fingerprint density at radius 2 is 1.94 bits per heavy atom. The lowest BCUT2D eigenvalue weighted by Crippen LogP contribution is -2.35. The Morgan fingerprint density at radius 3 is 2.67 bits per heavy atom. The Labute approximate surface area is 115 Å². The van der Waals surface area contributed by atoms with Crippen LogP contribution in [0.1, 0.15) is 30.2 Å². The molecule has 2 aliphatic rings. The first-order valence-electron chi connectivity index (χ1n) is 6.55. The van der Waals surface area contributed by atoms with Crippen molar-refractivity contribution in [3.8, 4) is 0 Å². The van der Waals surface area contributed by atoms with Crippen molar-refractivity contribution in [2.75, 3.05) is 19.6 Å². The molecule has 1 atom stereocenters. The van der Waals surface area contributed by atoms with E-state index < -0.39 is 0 Å². The van der Waals surface area contributed by atoms with Gasteiger partial charge in [0.2, 0.25) is 0 Å². The van der Waals surface area contributed by atoms with Crippen molar-refractivity contribution < 1.29 is 5.11 Å². The van der Waals surface area contributed by atoms with Gasteiger partial charge in [0.25, 0.3) is 0 Å². The fraction of sp³-hybridized carbons (Fsp3) is 0.571. The molecule has 2 N–H and O–H groups in total. The zero-order chi connectivity index (χ0) is 11.7. The molecule has 1 aromatic carbocycles. The van der Waals surface area contributed by atoms with Gasteiger partial charge in [0.1, 0.15) is 6.23 Å². The van der Waals surface area contributed by atoms with Gasteiger partial charge in [-0.05, 0) is 43.0 Å². The molecule has 2 aliphatic heterocycles. The highest BCUT2D eigenvalue weighted by atomic mass is 35.5. The lowest BCUT2D eigenvalue weighted by molar-refractivity contribution is 0.000409. The van der Waals surface area contributed by atoms with Crippen molar-refractivity contribution in [3.63, 3.8) is 0 Å². The first-order chi connectivity index (χ1) is 8.34. The summed E-state index contributed by atoms with van der Waals surface area (Å²) in [4.78, 5) is 2.21. The standard InChI is InChI=1S/C14H20N2O.ClH/c17-14-13-4-2-1-3-12(13)10-16(14)9-11-5-7-15-8-6-11;/h1-4,11,14-15,17H,5-10H2;1H. The van der Waals surface area contributed by atoms with Crippen molar-refractivity contribution in [2.45, 2.75) is 25.6 Å². The second-order valence-electron chi connectivity index (χ2n) is 5.20. The summed E-state index contributed by atoms with van der Waals surface area (Å²) in [5.41, 5.74) is 2.38. The van der Waals surface area contributed by atoms with E-state index in [0.29, 0.717) is 0 Å². The smallest absolute Gasteiger partial charge is 0.134 e. The van der Waals surface area contributed by atoms with Gasteiger partial charge in [-0.3, -0.25) is 4.90 Å². The van der Waals surface area contributed by atoms with E-state index in [-0.39, 0.29) is 18.6 Å². The maximum Gasteiger partial charge on any atom is 0.134 e. The largest absolute Gasteiger partial charge is 0.374 e. The highest BCUT2D eigenvalue weighted by Crippen LogP contribution is 2.32. The van der Waals surface area contributed by atoms with Crippen molar-refractivity contribution in [1.82, 2.24) is 10.2 Å². The van der Waals surface area contributed by atoms with Gasteiger partial charge in [-0.25, -0.2) is 0 Å². The first-order valence-corrected chi connectivity index (χ1v) is 6.55. The molecule has 0 bridgehead atoms. The molecule has 0 aliphatic carbocycles. The van der Waals surface area contributed by atoms with Gasteiger partial charge in [0, 0.05) is 13.1 Å². The Hall–Kier alpha value is -0.610. The lowest BCUT2D eigenvalue weighted by Gasteiger charge is -2.29. The summed E-state index contributed by atoms with van der Waals surface area (Å²) in [7, 11) is 0. The van der Waals surface area contributed by atoms with Crippen LogP contribution >= 0.6 is 12.4 Å². The molecule has 18 heavy (non-hydrogen) atoms. The van der Waals surface area contributed by atoms with Crippen LogP contribution in [0.3, 0.4) is 0 Å². The third kappa shape index (κ3) is 2.69. The molecule has 3 nitrogen and oxygen atoms in total. The van der Waals surface area contributed by atoms with Crippen molar-refractivity contribution in [2.24, 2.45) is 5.92 Å². The number of piperidine rings is 1. The Morgan fingerprint density at radius 1 is 1.22 bits per heavy atom. The molecule has 1 saturated heterocycles. The van der Waals surface area contributed by atoms with E-state index in [2.05, 4.69) is 22.3 Å². The maximum absolute atomic E-state index is 10.3. The molecular weight excluding hydrogens is 248 g/mol. The summed E-state index contributed by atoms with van der Waals surface area (Å²) >= 11 is 0. The number of aliphatic hydroxyl groups is 1. The normalized spacial score (nSPS) is 24.6. The van der Waals surface area contributed by atoms with Gasteiger partial charge in [-0.2, -0.15) is 0 Å². The summed E-state index contributed by atoms with van der Waals surface area (Å²) in [6.07, 6.45) is 2.08. The van der Waals surface area contributed by atoms with E-state index in [9.17, 15) is 5.11 Å². The number of fused-ring (bicyclic) bond motifs is 1. The monoisotopic (exact) mass is 268 g/mol. The number of hydrogen-bond acceptors (Lipinski definition) is 3. The predicted molar refractivity (Wildman–Crippen MR) is 74.7 cm³/mol. The molecular formula is C14H21ClN2O. The fourth-order valence-corrected chi connectivity index (χ4v) is 2.99. The molecule has 3 rings (SSSR count). The molecule has 2 heterocycles. The second-order valence-corrected chi connectivity index (χ2v) is 5.20. The summed E-state index contributed by atoms with van der Waals surface area (Å²) in [5.74, 6) is 0.736. The number of nitrogens with one attached hydrogen (secondary N) is 1. The number of halogens is 1. The van der Waals surface area contributed by atoms with Gasteiger partial charge >= 0.3 is 0 Å². The van der Waals surface area contributed by atoms with Crippen molar-refractivity contribution in [1.29, 1.82) is 0 Å². The van der Waals surface area contributed by atoms with E-state index in [4.69, 9.17) is 0 Å². The Balaban J connectivity index is 0.00000120. The molecule has 0 saturated carbocycles. The highest BCUT2D eigenvalue weighted by Gasteiger charge is 2.29. The topological polar surface area (TPSA) is 35.5 Å². The van der Waals surface area contributed by atoms with Crippen LogP contribution in [-0.4, -0.2) is 29.6 Å². The molecule has 100 valence electrons. The zero-order valence-electron chi connectivity index (χ0n) is 10.5. The Kier molecular flexibility index (Phi) is 4.62. The molecule has 1 aromatic rings. The summed E-state index contributed by atoms with van der Waals surface area (Å²) in [6.45, 7) is 4.18. The Bertz CT molecular complexity index is 393. The van der Waals surface area contributed by atoms with Gasteiger partial charge in [-0.1, -0.05) is 24.3 Å². The van der Waals surface area contributed by atoms with Crippen LogP contribution < -0.4 is 5.32 Å². The highest BCUT2D eigenvalue weighted by molar-refractivity contribution is 5.85.